The summed E-state index contributed by atoms with van der Waals surface area (Å²) in [4.78, 5) is 16.9. The second-order valence-corrected chi connectivity index (χ2v) is 9.26. The van der Waals surface area contributed by atoms with Crippen molar-refractivity contribution < 1.29 is 9.26 Å². The van der Waals surface area contributed by atoms with E-state index in [0.29, 0.717) is 17.1 Å². The van der Waals surface area contributed by atoms with Crippen molar-refractivity contribution >= 4 is 33.3 Å². The van der Waals surface area contributed by atoms with Gasteiger partial charge in [0, 0.05) is 19.0 Å². The maximum Gasteiger partial charge on any atom is 0.324 e. The van der Waals surface area contributed by atoms with Crippen molar-refractivity contribution in [3.8, 4) is 5.19 Å². The van der Waals surface area contributed by atoms with Gasteiger partial charge in [-0.1, -0.05) is 49.1 Å². The third kappa shape index (κ3) is 4.79. The summed E-state index contributed by atoms with van der Waals surface area (Å²) < 4.78 is 11.7. The highest BCUT2D eigenvalue weighted by Crippen LogP contribution is 2.32. The molecule has 8 heteroatoms. The van der Waals surface area contributed by atoms with Crippen LogP contribution >= 0.6 is 11.3 Å². The van der Waals surface area contributed by atoms with E-state index in [9.17, 15) is 0 Å². The highest BCUT2D eigenvalue weighted by atomic mass is 32.1. The van der Waals surface area contributed by atoms with Crippen LogP contribution < -0.4 is 9.64 Å². The van der Waals surface area contributed by atoms with Crippen LogP contribution in [0.4, 0.5) is 6.01 Å². The molecule has 1 aliphatic heterocycles. The lowest BCUT2D eigenvalue weighted by Crippen LogP contribution is -2.38. The molecule has 0 aliphatic carbocycles. The van der Waals surface area contributed by atoms with Gasteiger partial charge < -0.3 is 14.2 Å². The zero-order valence-electron chi connectivity index (χ0n) is 18.5. The van der Waals surface area contributed by atoms with Crippen LogP contribution in [0.3, 0.4) is 0 Å². The average Bonchev–Trinajstić information content (AvgIpc) is 3.40. The van der Waals surface area contributed by atoms with Crippen molar-refractivity contribution in [3.05, 3.63) is 42.4 Å². The van der Waals surface area contributed by atoms with Crippen LogP contribution in [-0.4, -0.2) is 39.3 Å². The fourth-order valence-corrected chi connectivity index (χ4v) is 4.61. The number of fused-ring (bicyclic) bond motifs is 1. The summed E-state index contributed by atoms with van der Waals surface area (Å²) in [5, 5.41) is 4.75. The number of hydrogen-bond acceptors (Lipinski definition) is 8. The average molecular weight is 440 g/mol. The van der Waals surface area contributed by atoms with Crippen LogP contribution in [0.15, 0.2) is 35.4 Å². The van der Waals surface area contributed by atoms with Gasteiger partial charge in [-0.25, -0.2) is 9.97 Å². The monoisotopic (exact) mass is 439 g/mol. The number of allylic oxidation sites excluding steroid dienone is 3. The number of pyridine rings is 1. The highest BCUT2D eigenvalue weighted by molar-refractivity contribution is 7.19. The van der Waals surface area contributed by atoms with Crippen LogP contribution in [0.25, 0.3) is 15.9 Å². The fourth-order valence-electron chi connectivity index (χ4n) is 3.73. The second-order valence-electron chi connectivity index (χ2n) is 8.32. The highest BCUT2D eigenvalue weighted by Gasteiger charge is 2.28. The topological polar surface area (TPSA) is 77.2 Å². The smallest absolute Gasteiger partial charge is 0.324 e. The number of hydrogen-bond donors (Lipinski definition) is 0. The van der Waals surface area contributed by atoms with E-state index in [1.807, 2.05) is 25.1 Å². The lowest BCUT2D eigenvalue weighted by atomic mass is 9.92. The van der Waals surface area contributed by atoms with Crippen LogP contribution in [0, 0.1) is 5.92 Å². The van der Waals surface area contributed by atoms with E-state index in [0.717, 1.165) is 53.4 Å². The molecule has 7 nitrogen and oxygen atoms in total. The third-order valence-corrected chi connectivity index (χ3v) is 6.57. The van der Waals surface area contributed by atoms with Crippen molar-refractivity contribution in [2.24, 2.45) is 5.92 Å². The number of nitrogens with zero attached hydrogens (tertiary/aromatic N) is 5. The molecule has 1 fully saturated rings. The Bertz CT molecular complexity index is 1080. The molecule has 0 N–H and O–H groups in total. The first kappa shape index (κ1) is 21.5. The molecule has 31 heavy (non-hydrogen) atoms. The maximum absolute atomic E-state index is 6.23. The number of aromatic nitrogens is 4. The van der Waals surface area contributed by atoms with E-state index in [1.165, 1.54) is 11.3 Å². The molecule has 0 bridgehead atoms. The van der Waals surface area contributed by atoms with Gasteiger partial charge in [-0.15, -0.1) is 0 Å². The van der Waals surface area contributed by atoms with Gasteiger partial charge in [0.05, 0.1) is 5.69 Å². The van der Waals surface area contributed by atoms with Crippen LogP contribution in [-0.2, 0) is 0 Å². The molecule has 3 aromatic heterocycles. The minimum Gasteiger partial charge on any atom is -0.467 e. The molecule has 1 aliphatic rings. The predicted octanol–water partition coefficient (Wildman–Crippen LogP) is 5.47. The summed E-state index contributed by atoms with van der Waals surface area (Å²) >= 11 is 1.50. The lowest BCUT2D eigenvalue weighted by molar-refractivity contribution is 0.131. The van der Waals surface area contributed by atoms with Gasteiger partial charge in [-0.2, -0.15) is 4.98 Å². The van der Waals surface area contributed by atoms with Crippen LogP contribution in [0.1, 0.15) is 58.0 Å². The Balaban J connectivity index is 1.37. The summed E-state index contributed by atoms with van der Waals surface area (Å²) in [6, 6.07) is 4.62. The molecule has 4 rings (SSSR count). The summed E-state index contributed by atoms with van der Waals surface area (Å²) in [5.74, 6) is 1.48. The van der Waals surface area contributed by atoms with Gasteiger partial charge in [0.15, 0.2) is 5.82 Å². The predicted molar refractivity (Wildman–Crippen MR) is 125 cm³/mol. The molecule has 164 valence electrons. The first-order valence-electron chi connectivity index (χ1n) is 10.8. The zero-order valence-corrected chi connectivity index (χ0v) is 19.4. The van der Waals surface area contributed by atoms with E-state index >= 15 is 0 Å². The van der Waals surface area contributed by atoms with Crippen molar-refractivity contribution in [1.82, 2.24) is 20.1 Å². The Morgan fingerprint density at radius 1 is 1.23 bits per heavy atom. The number of piperidine rings is 1. The zero-order chi connectivity index (χ0) is 22.0. The molecule has 1 atom stereocenters. The van der Waals surface area contributed by atoms with E-state index in [2.05, 4.69) is 47.4 Å². The Hall–Kier alpha value is -2.74. The van der Waals surface area contributed by atoms with Crippen molar-refractivity contribution in [3.63, 3.8) is 0 Å². The summed E-state index contributed by atoms with van der Waals surface area (Å²) in [5.41, 5.74) is 2.88. The van der Waals surface area contributed by atoms with Crippen molar-refractivity contribution in [2.45, 2.75) is 52.6 Å². The first-order valence-corrected chi connectivity index (χ1v) is 11.6. The summed E-state index contributed by atoms with van der Waals surface area (Å²) in [7, 11) is 0. The van der Waals surface area contributed by atoms with E-state index in [4.69, 9.17) is 14.2 Å². The SMILES string of the molecule is C=C/C=C(\C)c1ccc2nc(O[C@@H](C)C3CCN(c4nc(C(C)C)no4)CC3)sc2n1. The Morgan fingerprint density at radius 2 is 2.00 bits per heavy atom. The van der Waals surface area contributed by atoms with E-state index in [-0.39, 0.29) is 12.0 Å². The molecule has 0 radical (unpaired) electrons. The molecular weight excluding hydrogens is 410 g/mol. The lowest BCUT2D eigenvalue weighted by Gasteiger charge is -2.33. The van der Waals surface area contributed by atoms with Gasteiger partial charge in [0.25, 0.3) is 5.19 Å². The number of rotatable bonds is 7. The quantitative estimate of drug-likeness (QED) is 0.452. The molecular formula is C23H29N5O2S. The minimum atomic E-state index is 0.0819. The largest absolute Gasteiger partial charge is 0.467 e. The fraction of sp³-hybridized carbons (Fsp3) is 0.478. The first-order chi connectivity index (χ1) is 14.9. The third-order valence-electron chi connectivity index (χ3n) is 5.72. The van der Waals surface area contributed by atoms with E-state index < -0.39 is 0 Å². The second kappa shape index (κ2) is 9.18. The van der Waals surface area contributed by atoms with Crippen molar-refractivity contribution in [2.75, 3.05) is 18.0 Å². The normalized spacial score (nSPS) is 16.8. The van der Waals surface area contributed by atoms with Crippen molar-refractivity contribution in [1.29, 1.82) is 0 Å². The molecule has 1 saturated heterocycles. The summed E-state index contributed by atoms with van der Waals surface area (Å²) in [6.07, 6.45) is 5.84. The molecule has 0 spiro atoms. The molecule has 3 aromatic rings. The number of ether oxygens (including phenoxy) is 1. The van der Waals surface area contributed by atoms with Crippen LogP contribution in [0.5, 0.6) is 5.19 Å². The Morgan fingerprint density at radius 3 is 2.68 bits per heavy atom. The molecule has 0 amide bonds. The van der Waals surface area contributed by atoms with Gasteiger partial charge in [0.2, 0.25) is 0 Å². The number of anilines is 1. The number of thiazole rings is 1. The molecule has 0 unspecified atom stereocenters. The standard InChI is InChI=1S/C23H29N5O2S/c1-6-7-15(4)18-8-9-19-21(24-18)31-23(25-19)29-16(5)17-10-12-28(13-11-17)22-26-20(14(2)3)27-30-22/h6-9,14,16-17H,1,10-13H2,2-5H3/b15-7+/t16-/m0/s1. The summed E-state index contributed by atoms with van der Waals surface area (Å²) in [6.45, 7) is 13.8. The van der Waals surface area contributed by atoms with Crippen LogP contribution in [0.2, 0.25) is 0 Å². The van der Waals surface area contributed by atoms with Gasteiger partial charge in [-0.3, -0.25) is 0 Å². The molecule has 0 saturated carbocycles. The van der Waals surface area contributed by atoms with Gasteiger partial charge in [0.1, 0.15) is 16.5 Å². The Labute approximate surface area is 186 Å². The van der Waals surface area contributed by atoms with E-state index in [1.54, 1.807) is 6.08 Å². The van der Waals surface area contributed by atoms with Gasteiger partial charge in [-0.05, 0) is 50.3 Å². The maximum atomic E-state index is 6.23. The molecule has 0 aromatic carbocycles. The van der Waals surface area contributed by atoms with Gasteiger partial charge >= 0.3 is 6.01 Å². The Kier molecular flexibility index (Phi) is 6.36. The minimum absolute atomic E-state index is 0.0819. The molecule has 4 heterocycles.